The highest BCUT2D eigenvalue weighted by molar-refractivity contribution is 7.90. The monoisotopic (exact) mass is 513 g/mol. The number of hydrogen-bond acceptors (Lipinski definition) is 4. The molecule has 196 valence electrons. The van der Waals surface area contributed by atoms with Gasteiger partial charge in [0.15, 0.2) is 0 Å². The second kappa shape index (κ2) is 9.84. The molecule has 7 nitrogen and oxygen atoms in total. The van der Waals surface area contributed by atoms with Crippen LogP contribution in [-0.4, -0.2) is 54.0 Å². The number of aromatic nitrogens is 1. The van der Waals surface area contributed by atoms with Crippen molar-refractivity contribution in [2.24, 2.45) is 11.8 Å². The number of benzene rings is 1. The first kappa shape index (κ1) is 25.3. The molecule has 2 fully saturated rings. The number of fused-ring (bicyclic) bond motifs is 3. The van der Waals surface area contributed by atoms with Crippen molar-refractivity contribution >= 4 is 32.7 Å². The minimum Gasteiger partial charge on any atom is -0.352 e. The van der Waals surface area contributed by atoms with Gasteiger partial charge in [-0.3, -0.25) is 9.59 Å². The molecule has 1 aromatic carbocycles. The lowest BCUT2D eigenvalue weighted by Gasteiger charge is -2.33. The molecule has 2 amide bonds. The van der Waals surface area contributed by atoms with Crippen molar-refractivity contribution in [2.75, 3.05) is 13.6 Å². The molecule has 0 bridgehead atoms. The summed E-state index contributed by atoms with van der Waals surface area (Å²) < 4.78 is 28.5. The van der Waals surface area contributed by atoms with Gasteiger partial charge >= 0.3 is 0 Å². The molecular formula is C28H39N3O4S. The molecule has 0 radical (unpaired) electrons. The zero-order chi connectivity index (χ0) is 25.6. The molecule has 36 heavy (non-hydrogen) atoms. The van der Waals surface area contributed by atoms with Gasteiger partial charge in [0.2, 0.25) is 15.9 Å². The van der Waals surface area contributed by atoms with Gasteiger partial charge in [0.1, 0.15) is 0 Å². The van der Waals surface area contributed by atoms with Crippen LogP contribution >= 0.6 is 0 Å². The van der Waals surface area contributed by atoms with E-state index in [2.05, 4.69) is 5.32 Å². The highest BCUT2D eigenvalue weighted by Gasteiger charge is 2.35. The summed E-state index contributed by atoms with van der Waals surface area (Å²) in [4.78, 5) is 26.9. The van der Waals surface area contributed by atoms with Crippen LogP contribution in [0, 0.1) is 11.8 Å². The predicted octanol–water partition coefficient (Wildman–Crippen LogP) is 4.26. The maximum absolute atomic E-state index is 13.4. The molecule has 1 atom stereocenters. The molecule has 2 saturated carbocycles. The zero-order valence-electron chi connectivity index (χ0n) is 21.8. The summed E-state index contributed by atoms with van der Waals surface area (Å²) in [6.07, 6.45) is 11.1. The fourth-order valence-electron chi connectivity index (χ4n) is 6.20. The Labute approximate surface area is 214 Å². The van der Waals surface area contributed by atoms with Gasteiger partial charge in [-0.1, -0.05) is 32.1 Å². The SMILES string of the molecule is CC(C)S(=O)(=O)n1c2c(c3cc(C(=O)N(C)CC(=O)NC4CC4)ccc31)CC(C1CCCCC1)CC2. The summed E-state index contributed by atoms with van der Waals surface area (Å²) in [5, 5.41) is 3.26. The summed E-state index contributed by atoms with van der Waals surface area (Å²) in [5.41, 5.74) is 3.15. The van der Waals surface area contributed by atoms with Crippen LogP contribution in [0.15, 0.2) is 18.2 Å². The smallest absolute Gasteiger partial charge is 0.254 e. The third-order valence-corrected chi connectivity index (χ3v) is 10.6. The zero-order valence-corrected chi connectivity index (χ0v) is 22.6. The van der Waals surface area contributed by atoms with Crippen LogP contribution in [0.2, 0.25) is 0 Å². The normalized spacial score (nSPS) is 20.9. The van der Waals surface area contributed by atoms with Crippen LogP contribution in [0.4, 0.5) is 0 Å². The number of likely N-dealkylation sites (N-methyl/N-ethyl adjacent to an activating group) is 1. The maximum atomic E-state index is 13.4. The molecule has 8 heteroatoms. The maximum Gasteiger partial charge on any atom is 0.254 e. The molecule has 1 aromatic heterocycles. The summed E-state index contributed by atoms with van der Waals surface area (Å²) in [5.74, 6) is 0.895. The van der Waals surface area contributed by atoms with E-state index in [4.69, 9.17) is 0 Å². The van der Waals surface area contributed by atoms with E-state index in [1.165, 1.54) is 37.0 Å². The largest absolute Gasteiger partial charge is 0.352 e. The number of carbonyl (C=O) groups excluding carboxylic acids is 2. The van der Waals surface area contributed by atoms with E-state index in [1.54, 1.807) is 37.0 Å². The van der Waals surface area contributed by atoms with Crippen LogP contribution in [-0.2, 0) is 27.7 Å². The Balaban J connectivity index is 1.50. The van der Waals surface area contributed by atoms with Crippen molar-refractivity contribution in [1.82, 2.24) is 14.2 Å². The first-order valence-corrected chi connectivity index (χ1v) is 15.1. The van der Waals surface area contributed by atoms with E-state index in [0.29, 0.717) is 22.9 Å². The number of hydrogen-bond donors (Lipinski definition) is 1. The first-order valence-electron chi connectivity index (χ1n) is 13.6. The van der Waals surface area contributed by atoms with Gasteiger partial charge < -0.3 is 10.2 Å². The van der Waals surface area contributed by atoms with Crippen molar-refractivity contribution in [3.8, 4) is 0 Å². The Hall–Kier alpha value is -2.35. The molecule has 1 heterocycles. The molecular weight excluding hydrogens is 474 g/mol. The number of nitrogens with zero attached hydrogens (tertiary/aromatic N) is 2. The molecule has 3 aliphatic rings. The van der Waals surface area contributed by atoms with E-state index in [0.717, 1.165) is 48.7 Å². The molecule has 0 spiro atoms. The van der Waals surface area contributed by atoms with E-state index in [1.807, 2.05) is 6.07 Å². The van der Waals surface area contributed by atoms with E-state index >= 15 is 0 Å². The Morgan fingerprint density at radius 1 is 1.06 bits per heavy atom. The average Bonchev–Trinajstić information content (AvgIpc) is 3.61. The molecule has 1 unspecified atom stereocenters. The summed E-state index contributed by atoms with van der Waals surface area (Å²) in [7, 11) is -1.91. The lowest BCUT2D eigenvalue weighted by atomic mass is 9.72. The minimum atomic E-state index is -3.55. The quantitative estimate of drug-likeness (QED) is 0.599. The molecule has 2 aromatic rings. The summed E-state index contributed by atoms with van der Waals surface area (Å²) >= 11 is 0. The second-order valence-corrected chi connectivity index (χ2v) is 13.8. The second-order valence-electron chi connectivity index (χ2n) is 11.4. The van der Waals surface area contributed by atoms with Crippen LogP contribution < -0.4 is 5.32 Å². The van der Waals surface area contributed by atoms with Gasteiger partial charge in [0, 0.05) is 29.7 Å². The highest BCUT2D eigenvalue weighted by atomic mass is 32.2. The molecule has 5 rings (SSSR count). The number of nitrogens with one attached hydrogen (secondary N) is 1. The number of rotatable bonds is 7. The van der Waals surface area contributed by atoms with Crippen molar-refractivity contribution in [1.29, 1.82) is 0 Å². The standard InChI is InChI=1S/C28H39N3O4S/c1-18(2)36(34,35)31-25-13-9-20(19-7-5-4-6-8-19)15-23(25)24-16-21(10-14-26(24)31)28(33)30(3)17-27(32)29-22-11-12-22/h10,14,16,18-20,22H,4-9,11-13,15,17H2,1-3H3,(H,29,32). The van der Waals surface area contributed by atoms with Crippen LogP contribution in [0.25, 0.3) is 10.9 Å². The molecule has 3 aliphatic carbocycles. The minimum absolute atomic E-state index is 0.0119. The van der Waals surface area contributed by atoms with Gasteiger partial charge in [-0.25, -0.2) is 12.4 Å². The van der Waals surface area contributed by atoms with Crippen LogP contribution in [0.5, 0.6) is 0 Å². The van der Waals surface area contributed by atoms with Gasteiger partial charge in [0.05, 0.1) is 17.3 Å². The van der Waals surface area contributed by atoms with E-state index < -0.39 is 15.3 Å². The topological polar surface area (TPSA) is 88.5 Å². The Morgan fingerprint density at radius 3 is 2.44 bits per heavy atom. The Morgan fingerprint density at radius 2 is 1.78 bits per heavy atom. The van der Waals surface area contributed by atoms with Crippen LogP contribution in [0.3, 0.4) is 0 Å². The summed E-state index contributed by atoms with van der Waals surface area (Å²) in [6.45, 7) is 3.46. The highest BCUT2D eigenvalue weighted by Crippen LogP contribution is 2.42. The Bertz CT molecular complexity index is 1270. The van der Waals surface area contributed by atoms with Crippen molar-refractivity contribution < 1.29 is 18.0 Å². The molecule has 0 aliphatic heterocycles. The molecule has 1 N–H and O–H groups in total. The van der Waals surface area contributed by atoms with Gasteiger partial charge in [-0.15, -0.1) is 0 Å². The van der Waals surface area contributed by atoms with Crippen LogP contribution in [0.1, 0.15) is 86.8 Å². The van der Waals surface area contributed by atoms with Crippen molar-refractivity contribution in [2.45, 2.75) is 89.3 Å². The third kappa shape index (κ3) is 4.81. The van der Waals surface area contributed by atoms with Gasteiger partial charge in [-0.05, 0) is 81.5 Å². The fraction of sp³-hybridized carbons (Fsp3) is 0.643. The van der Waals surface area contributed by atoms with Crippen molar-refractivity contribution in [3.05, 3.63) is 35.0 Å². The van der Waals surface area contributed by atoms with E-state index in [-0.39, 0.29) is 24.4 Å². The van der Waals surface area contributed by atoms with E-state index in [9.17, 15) is 18.0 Å². The third-order valence-electron chi connectivity index (χ3n) is 8.44. The first-order chi connectivity index (χ1) is 17.2. The summed E-state index contributed by atoms with van der Waals surface area (Å²) in [6, 6.07) is 5.61. The average molecular weight is 514 g/mol. The van der Waals surface area contributed by atoms with Gasteiger partial charge in [-0.2, -0.15) is 0 Å². The molecule has 0 saturated heterocycles. The lowest BCUT2D eigenvalue weighted by Crippen LogP contribution is -2.39. The fourth-order valence-corrected chi connectivity index (χ4v) is 7.56. The lowest BCUT2D eigenvalue weighted by molar-refractivity contribution is -0.121. The Kier molecular flexibility index (Phi) is 6.92. The predicted molar refractivity (Wildman–Crippen MR) is 142 cm³/mol. The number of carbonyl (C=O) groups is 2. The number of amides is 2. The van der Waals surface area contributed by atoms with Gasteiger partial charge in [0.25, 0.3) is 5.91 Å². The van der Waals surface area contributed by atoms with Crippen molar-refractivity contribution in [3.63, 3.8) is 0 Å².